The summed E-state index contributed by atoms with van der Waals surface area (Å²) in [4.78, 5) is 18.7. The molecule has 1 N–H and O–H groups in total. The van der Waals surface area contributed by atoms with Crippen LogP contribution < -0.4 is 5.32 Å². The van der Waals surface area contributed by atoms with Crippen LogP contribution in [-0.4, -0.2) is 16.0 Å². The molecule has 1 aliphatic carbocycles. The third-order valence-electron chi connectivity index (χ3n) is 5.45. The lowest BCUT2D eigenvalue weighted by atomic mass is 9.95. The number of halogens is 1. The zero-order chi connectivity index (χ0) is 21.4. The van der Waals surface area contributed by atoms with Gasteiger partial charge in [0, 0.05) is 16.0 Å². The Morgan fingerprint density at radius 1 is 1.06 bits per heavy atom. The molecule has 2 heterocycles. The van der Waals surface area contributed by atoms with E-state index in [1.807, 2.05) is 31.2 Å². The van der Waals surface area contributed by atoms with Gasteiger partial charge in [0.2, 0.25) is 5.82 Å². The number of hydrogen-bond donors (Lipinski definition) is 1. The van der Waals surface area contributed by atoms with E-state index < -0.39 is 0 Å². The number of carbonyl (C=O) groups is 1. The van der Waals surface area contributed by atoms with Crippen molar-refractivity contribution in [3.8, 4) is 22.8 Å². The summed E-state index contributed by atoms with van der Waals surface area (Å²) in [5.74, 6) is 0.252. The van der Waals surface area contributed by atoms with Crippen molar-refractivity contribution in [3.05, 3.63) is 75.9 Å². The van der Waals surface area contributed by atoms with E-state index in [0.29, 0.717) is 22.3 Å². The summed E-state index contributed by atoms with van der Waals surface area (Å²) >= 11 is 1.56. The molecule has 0 aliphatic heterocycles. The fourth-order valence-corrected chi connectivity index (χ4v) is 5.08. The van der Waals surface area contributed by atoms with Crippen molar-refractivity contribution in [1.29, 1.82) is 0 Å². The molecule has 1 aliphatic rings. The van der Waals surface area contributed by atoms with Gasteiger partial charge in [0.05, 0.1) is 5.56 Å². The number of aryl methyl sites for hydroxylation is 2. The summed E-state index contributed by atoms with van der Waals surface area (Å²) < 4.78 is 18.9. The highest BCUT2D eigenvalue weighted by molar-refractivity contribution is 7.17. The average molecular weight is 434 g/mol. The predicted octanol–water partition coefficient (Wildman–Crippen LogP) is 6.04. The van der Waals surface area contributed by atoms with Crippen molar-refractivity contribution >= 4 is 22.2 Å². The molecule has 4 aromatic rings. The first kappa shape index (κ1) is 19.6. The zero-order valence-corrected chi connectivity index (χ0v) is 17.8. The van der Waals surface area contributed by atoms with Gasteiger partial charge < -0.3 is 9.84 Å². The molecule has 5 rings (SSSR count). The van der Waals surface area contributed by atoms with Gasteiger partial charge in [-0.2, -0.15) is 4.98 Å². The minimum atomic E-state index is -0.377. The SMILES string of the molecule is Cc1ccc(-c2noc(-c3c(NC(=O)c4ccc(F)cc4)sc4c3CCCC4)n2)cc1. The maximum Gasteiger partial charge on any atom is 0.261 e. The number of fused-ring (bicyclic) bond motifs is 1. The number of amides is 1. The van der Waals surface area contributed by atoms with E-state index in [1.54, 1.807) is 11.3 Å². The molecule has 0 unspecified atom stereocenters. The minimum Gasteiger partial charge on any atom is -0.333 e. The molecular weight excluding hydrogens is 413 g/mol. The predicted molar refractivity (Wildman–Crippen MR) is 119 cm³/mol. The zero-order valence-electron chi connectivity index (χ0n) is 16.9. The molecule has 0 spiro atoms. The van der Waals surface area contributed by atoms with E-state index in [2.05, 4.69) is 15.5 Å². The Kier molecular flexibility index (Phi) is 5.11. The molecule has 0 saturated heterocycles. The van der Waals surface area contributed by atoms with E-state index in [-0.39, 0.29) is 11.7 Å². The summed E-state index contributed by atoms with van der Waals surface area (Å²) in [7, 11) is 0. The van der Waals surface area contributed by atoms with Crippen LogP contribution >= 0.6 is 11.3 Å². The molecule has 0 saturated carbocycles. The van der Waals surface area contributed by atoms with Crippen LogP contribution in [0.3, 0.4) is 0 Å². The molecule has 2 aromatic carbocycles. The number of benzene rings is 2. The smallest absolute Gasteiger partial charge is 0.261 e. The van der Waals surface area contributed by atoms with Crippen LogP contribution in [0.15, 0.2) is 53.1 Å². The molecule has 0 fully saturated rings. The van der Waals surface area contributed by atoms with Crippen LogP contribution in [0.5, 0.6) is 0 Å². The van der Waals surface area contributed by atoms with Crippen molar-refractivity contribution in [1.82, 2.24) is 10.1 Å². The Bertz CT molecular complexity index is 1240. The van der Waals surface area contributed by atoms with Crippen LogP contribution in [-0.2, 0) is 12.8 Å². The number of nitrogens with zero attached hydrogens (tertiary/aromatic N) is 2. The van der Waals surface area contributed by atoms with Gasteiger partial charge in [-0.1, -0.05) is 35.0 Å². The van der Waals surface area contributed by atoms with Crippen LogP contribution in [0.1, 0.15) is 39.2 Å². The van der Waals surface area contributed by atoms with E-state index >= 15 is 0 Å². The summed E-state index contributed by atoms with van der Waals surface area (Å²) in [6, 6.07) is 13.4. The van der Waals surface area contributed by atoms with Gasteiger partial charge >= 0.3 is 0 Å². The highest BCUT2D eigenvalue weighted by Gasteiger charge is 2.27. The topological polar surface area (TPSA) is 68.0 Å². The number of nitrogens with one attached hydrogen (secondary N) is 1. The number of hydrogen-bond acceptors (Lipinski definition) is 5. The highest BCUT2D eigenvalue weighted by atomic mass is 32.1. The maximum atomic E-state index is 13.2. The first-order valence-corrected chi connectivity index (χ1v) is 11.0. The molecule has 31 heavy (non-hydrogen) atoms. The lowest BCUT2D eigenvalue weighted by Crippen LogP contribution is -2.11. The third kappa shape index (κ3) is 3.88. The van der Waals surface area contributed by atoms with Gasteiger partial charge in [-0.15, -0.1) is 11.3 Å². The van der Waals surface area contributed by atoms with Gasteiger partial charge in [-0.3, -0.25) is 4.79 Å². The van der Waals surface area contributed by atoms with E-state index in [1.165, 1.54) is 34.7 Å². The van der Waals surface area contributed by atoms with Crippen molar-refractivity contribution < 1.29 is 13.7 Å². The quantitative estimate of drug-likeness (QED) is 0.426. The molecule has 0 bridgehead atoms. The molecule has 7 heteroatoms. The first-order valence-electron chi connectivity index (χ1n) is 10.2. The molecular formula is C24H20FN3O2S. The molecule has 156 valence electrons. The van der Waals surface area contributed by atoms with Gasteiger partial charge in [0.15, 0.2) is 0 Å². The highest BCUT2D eigenvalue weighted by Crippen LogP contribution is 2.44. The second-order valence-corrected chi connectivity index (χ2v) is 8.77. The van der Waals surface area contributed by atoms with E-state index in [0.717, 1.165) is 42.4 Å². The van der Waals surface area contributed by atoms with E-state index in [9.17, 15) is 9.18 Å². The van der Waals surface area contributed by atoms with Gasteiger partial charge in [-0.25, -0.2) is 4.39 Å². The normalized spacial score (nSPS) is 13.1. The lowest BCUT2D eigenvalue weighted by Gasteiger charge is -2.11. The monoisotopic (exact) mass is 433 g/mol. The number of rotatable bonds is 4. The number of thiophene rings is 1. The lowest BCUT2D eigenvalue weighted by molar-refractivity contribution is 0.102. The summed E-state index contributed by atoms with van der Waals surface area (Å²) in [5, 5.41) is 7.86. The Morgan fingerprint density at radius 3 is 2.58 bits per heavy atom. The molecule has 2 aromatic heterocycles. The Hall–Kier alpha value is -3.32. The molecule has 0 radical (unpaired) electrons. The van der Waals surface area contributed by atoms with Crippen LogP contribution in [0.4, 0.5) is 9.39 Å². The fourth-order valence-electron chi connectivity index (χ4n) is 3.80. The van der Waals surface area contributed by atoms with Gasteiger partial charge in [0.1, 0.15) is 10.8 Å². The Morgan fingerprint density at radius 2 is 1.81 bits per heavy atom. The number of carbonyl (C=O) groups excluding carboxylic acids is 1. The summed E-state index contributed by atoms with van der Waals surface area (Å²) in [6.45, 7) is 2.03. The summed E-state index contributed by atoms with van der Waals surface area (Å²) in [5.41, 5.74) is 4.40. The van der Waals surface area contributed by atoms with Crippen LogP contribution in [0.2, 0.25) is 0 Å². The standard InChI is InChI=1S/C24H20FN3O2S/c1-14-6-8-15(9-7-14)21-26-23(30-28-21)20-18-4-2-3-5-19(18)31-24(20)27-22(29)16-10-12-17(25)13-11-16/h6-13H,2-5H2,1H3,(H,27,29). The van der Waals surface area contributed by atoms with E-state index in [4.69, 9.17) is 4.52 Å². The second-order valence-electron chi connectivity index (χ2n) is 7.67. The number of anilines is 1. The molecule has 1 amide bonds. The Balaban J connectivity index is 1.52. The van der Waals surface area contributed by atoms with Crippen LogP contribution in [0.25, 0.3) is 22.8 Å². The number of aromatic nitrogens is 2. The van der Waals surface area contributed by atoms with Crippen LogP contribution in [0, 0.1) is 12.7 Å². The maximum absolute atomic E-state index is 13.2. The average Bonchev–Trinajstić information content (AvgIpc) is 3.39. The van der Waals surface area contributed by atoms with Crippen molar-refractivity contribution in [3.63, 3.8) is 0 Å². The van der Waals surface area contributed by atoms with Gasteiger partial charge in [0.25, 0.3) is 11.8 Å². The fraction of sp³-hybridized carbons (Fsp3) is 0.208. The van der Waals surface area contributed by atoms with Crippen molar-refractivity contribution in [2.45, 2.75) is 32.6 Å². The van der Waals surface area contributed by atoms with Crippen molar-refractivity contribution in [2.75, 3.05) is 5.32 Å². The largest absolute Gasteiger partial charge is 0.333 e. The minimum absolute atomic E-state index is 0.293. The van der Waals surface area contributed by atoms with Crippen molar-refractivity contribution in [2.24, 2.45) is 0 Å². The molecule has 0 atom stereocenters. The van der Waals surface area contributed by atoms with Gasteiger partial charge in [-0.05, 0) is 62.4 Å². The Labute approximate surface area is 182 Å². The summed E-state index contributed by atoms with van der Waals surface area (Å²) in [6.07, 6.45) is 4.09. The molecule has 5 nitrogen and oxygen atoms in total. The first-order chi connectivity index (χ1) is 15.1. The second kappa shape index (κ2) is 8.07. The third-order valence-corrected chi connectivity index (χ3v) is 6.66.